The van der Waals surface area contributed by atoms with Gasteiger partial charge in [0, 0.05) is 31.2 Å². The van der Waals surface area contributed by atoms with E-state index in [4.69, 9.17) is 10.5 Å². The molecule has 0 spiro atoms. The zero-order chi connectivity index (χ0) is 20.0. The molecular formula is C19H18F3N5O. The maximum absolute atomic E-state index is 13.8. The molecule has 0 aromatic heterocycles. The first-order valence-corrected chi connectivity index (χ1v) is 9.13. The fourth-order valence-electron chi connectivity index (χ4n) is 4.38. The summed E-state index contributed by atoms with van der Waals surface area (Å²) < 4.78 is 41.0. The Morgan fingerprint density at radius 2 is 1.82 bits per heavy atom. The van der Waals surface area contributed by atoms with Crippen molar-refractivity contribution in [1.29, 1.82) is 10.5 Å². The van der Waals surface area contributed by atoms with Crippen molar-refractivity contribution in [1.82, 2.24) is 10.2 Å². The van der Waals surface area contributed by atoms with Gasteiger partial charge in [-0.05, 0) is 24.0 Å². The molecule has 3 aliphatic rings. The number of carbonyl (C=O) groups excluding carboxylic acids is 1. The highest BCUT2D eigenvalue weighted by atomic mass is 19.1. The first-order valence-electron chi connectivity index (χ1n) is 9.13. The molecule has 146 valence electrons. The number of hydrogen-bond acceptors (Lipinski definition) is 5. The second kappa shape index (κ2) is 6.99. The summed E-state index contributed by atoms with van der Waals surface area (Å²) in [5.41, 5.74) is -0.182. The summed E-state index contributed by atoms with van der Waals surface area (Å²) in [5.74, 6) is -1.52. The third-order valence-corrected chi connectivity index (χ3v) is 5.91. The molecule has 0 bridgehead atoms. The molecule has 0 radical (unpaired) electrons. The summed E-state index contributed by atoms with van der Waals surface area (Å²) in [4.78, 5) is 15.4. The number of anilines is 1. The van der Waals surface area contributed by atoms with Crippen LogP contribution in [0.5, 0.6) is 0 Å². The Morgan fingerprint density at radius 1 is 1.18 bits per heavy atom. The van der Waals surface area contributed by atoms with E-state index in [0.717, 1.165) is 0 Å². The van der Waals surface area contributed by atoms with Gasteiger partial charge in [-0.1, -0.05) is 0 Å². The van der Waals surface area contributed by atoms with E-state index >= 15 is 0 Å². The van der Waals surface area contributed by atoms with E-state index in [1.54, 1.807) is 0 Å². The van der Waals surface area contributed by atoms with Gasteiger partial charge < -0.3 is 15.1 Å². The van der Waals surface area contributed by atoms with Crippen LogP contribution in [0.25, 0.3) is 0 Å². The molecule has 9 heteroatoms. The van der Waals surface area contributed by atoms with E-state index in [2.05, 4.69) is 5.32 Å². The monoisotopic (exact) mass is 389 g/mol. The van der Waals surface area contributed by atoms with E-state index in [1.165, 1.54) is 23.1 Å². The average Bonchev–Trinajstić information content (AvgIpc) is 2.98. The number of rotatable bonds is 4. The van der Waals surface area contributed by atoms with Gasteiger partial charge >= 0.3 is 0 Å². The van der Waals surface area contributed by atoms with E-state index in [9.17, 15) is 18.0 Å². The minimum absolute atomic E-state index is 0.0418. The quantitative estimate of drug-likeness (QED) is 0.840. The number of halogens is 3. The molecule has 1 amide bonds. The van der Waals surface area contributed by atoms with E-state index in [0.29, 0.717) is 18.8 Å². The van der Waals surface area contributed by atoms with Crippen LogP contribution in [-0.2, 0) is 4.79 Å². The van der Waals surface area contributed by atoms with Crippen LogP contribution in [-0.4, -0.2) is 55.2 Å². The number of likely N-dealkylation sites (tertiary alicyclic amines) is 1. The van der Waals surface area contributed by atoms with Gasteiger partial charge in [-0.2, -0.15) is 10.5 Å². The lowest BCUT2D eigenvalue weighted by molar-refractivity contribution is -0.130. The summed E-state index contributed by atoms with van der Waals surface area (Å²) in [5, 5.41) is 20.9. The molecule has 6 nitrogen and oxygen atoms in total. The van der Waals surface area contributed by atoms with Gasteiger partial charge in [0.25, 0.3) is 0 Å². The van der Waals surface area contributed by atoms with Crippen LogP contribution in [0.3, 0.4) is 0 Å². The molecule has 5 atom stereocenters. The lowest BCUT2D eigenvalue weighted by atomic mass is 10.1. The fraction of sp³-hybridized carbons (Fsp3) is 0.526. The van der Waals surface area contributed by atoms with Crippen LogP contribution in [0.4, 0.5) is 18.9 Å². The lowest BCUT2D eigenvalue weighted by Gasteiger charge is -2.23. The van der Waals surface area contributed by atoms with Crippen LogP contribution in [0, 0.1) is 46.1 Å². The van der Waals surface area contributed by atoms with Gasteiger partial charge in [0.2, 0.25) is 5.91 Å². The Labute approximate surface area is 160 Å². The van der Waals surface area contributed by atoms with Gasteiger partial charge in [-0.15, -0.1) is 0 Å². The zero-order valence-corrected chi connectivity index (χ0v) is 14.9. The van der Waals surface area contributed by atoms with Crippen LogP contribution in [0.2, 0.25) is 0 Å². The minimum Gasteiger partial charge on any atom is -0.371 e. The number of hydrogen-bond donors (Lipinski definition) is 1. The first-order chi connectivity index (χ1) is 13.4. The van der Waals surface area contributed by atoms with Crippen LogP contribution in [0.15, 0.2) is 12.1 Å². The number of amides is 1. The number of nitriles is 2. The Balaban J connectivity index is 1.30. The van der Waals surface area contributed by atoms with Crippen LogP contribution < -0.4 is 10.2 Å². The molecule has 2 heterocycles. The smallest absolute Gasteiger partial charge is 0.237 e. The second-order valence-corrected chi connectivity index (χ2v) is 7.56. The Bertz CT molecular complexity index is 860. The molecule has 2 aliphatic heterocycles. The number of benzene rings is 1. The molecule has 2 saturated heterocycles. The molecule has 1 saturated carbocycles. The van der Waals surface area contributed by atoms with Crippen molar-refractivity contribution < 1.29 is 18.0 Å². The summed E-state index contributed by atoms with van der Waals surface area (Å²) >= 11 is 0. The first kappa shape index (κ1) is 18.6. The van der Waals surface area contributed by atoms with Crippen LogP contribution >= 0.6 is 0 Å². The highest BCUT2D eigenvalue weighted by Gasteiger charge is 2.55. The minimum atomic E-state index is -1.16. The summed E-state index contributed by atoms with van der Waals surface area (Å²) in [6.45, 7) is 1.19. The van der Waals surface area contributed by atoms with Crippen LogP contribution in [0.1, 0.15) is 12.0 Å². The highest BCUT2D eigenvalue weighted by molar-refractivity contribution is 5.79. The van der Waals surface area contributed by atoms with Crippen molar-refractivity contribution in [3.8, 4) is 12.1 Å². The van der Waals surface area contributed by atoms with Gasteiger partial charge in [0.1, 0.15) is 35.5 Å². The summed E-state index contributed by atoms with van der Waals surface area (Å²) in [6.07, 6.45) is -1.10. The third-order valence-electron chi connectivity index (χ3n) is 5.91. The molecule has 1 unspecified atom stereocenters. The predicted molar refractivity (Wildman–Crippen MR) is 92.7 cm³/mol. The largest absolute Gasteiger partial charge is 0.371 e. The predicted octanol–water partition coefficient (Wildman–Crippen LogP) is 1.32. The van der Waals surface area contributed by atoms with Gasteiger partial charge in [0.05, 0.1) is 19.2 Å². The number of nitrogens with zero attached hydrogens (tertiary/aromatic N) is 4. The van der Waals surface area contributed by atoms with E-state index < -0.39 is 29.4 Å². The maximum atomic E-state index is 13.8. The average molecular weight is 389 g/mol. The third kappa shape index (κ3) is 3.16. The van der Waals surface area contributed by atoms with Crippen molar-refractivity contribution in [2.24, 2.45) is 11.8 Å². The number of fused-ring (bicyclic) bond motifs is 1. The Hall–Kier alpha value is -2.78. The van der Waals surface area contributed by atoms with Crippen molar-refractivity contribution in [2.45, 2.75) is 24.7 Å². The topological polar surface area (TPSA) is 83.2 Å². The Kier molecular flexibility index (Phi) is 4.64. The van der Waals surface area contributed by atoms with Crippen molar-refractivity contribution in [3.05, 3.63) is 29.3 Å². The van der Waals surface area contributed by atoms with Gasteiger partial charge in [-0.25, -0.2) is 13.2 Å². The molecule has 1 N–H and O–H groups in total. The number of carbonyl (C=O) groups is 1. The molecule has 28 heavy (non-hydrogen) atoms. The van der Waals surface area contributed by atoms with Crippen molar-refractivity contribution in [2.75, 3.05) is 31.1 Å². The molecule has 1 aliphatic carbocycles. The van der Waals surface area contributed by atoms with E-state index in [-0.39, 0.29) is 43.3 Å². The standard InChI is InChI=1S/C19H18F3N5O/c20-10-1-12(4-23)27(7-10)18(28)6-25-19-14-8-26(9-15(14)19)11-2-16(21)13(5-24)17(22)3-11/h2-3,10,12,14-15,19,25H,1,6-9H2/t10-,12-,14-,15+,19?/m0/s1. The SMILES string of the molecule is N#Cc1c(F)cc(N2C[C@@H]3C(NCC(=O)N4C[C@@H](F)C[C@H]4C#N)[C@@H]3C2)cc1F. The lowest BCUT2D eigenvalue weighted by Crippen LogP contribution is -2.42. The molecule has 1 aromatic rings. The maximum Gasteiger partial charge on any atom is 0.237 e. The fourth-order valence-corrected chi connectivity index (χ4v) is 4.38. The van der Waals surface area contributed by atoms with Gasteiger partial charge in [-0.3, -0.25) is 4.79 Å². The molecule has 1 aromatic carbocycles. The van der Waals surface area contributed by atoms with E-state index in [1.807, 2.05) is 11.0 Å². The van der Waals surface area contributed by atoms with Gasteiger partial charge in [0.15, 0.2) is 0 Å². The second-order valence-electron chi connectivity index (χ2n) is 7.56. The molecule has 4 rings (SSSR count). The normalized spacial score (nSPS) is 30.7. The number of piperidine rings is 1. The highest BCUT2D eigenvalue weighted by Crippen LogP contribution is 2.47. The zero-order valence-electron chi connectivity index (χ0n) is 14.9. The van der Waals surface area contributed by atoms with Crippen molar-refractivity contribution >= 4 is 11.6 Å². The molecular weight excluding hydrogens is 371 g/mol. The summed E-state index contributed by atoms with van der Waals surface area (Å²) in [6, 6.07) is 5.22. The Morgan fingerprint density at radius 3 is 2.39 bits per heavy atom. The number of nitrogens with one attached hydrogen (secondary N) is 1. The van der Waals surface area contributed by atoms with Crippen molar-refractivity contribution in [3.63, 3.8) is 0 Å². The summed E-state index contributed by atoms with van der Waals surface area (Å²) in [7, 11) is 0. The molecule has 3 fully saturated rings. The number of alkyl halides is 1.